The molecule has 0 radical (unpaired) electrons. The maximum atomic E-state index is 12.9. The Hall–Kier alpha value is -3.28. The molecule has 1 unspecified atom stereocenters. The van der Waals surface area contributed by atoms with Crippen molar-refractivity contribution < 1.29 is 9.18 Å². The quantitative estimate of drug-likeness (QED) is 0.711. The van der Waals surface area contributed by atoms with Gasteiger partial charge in [0.1, 0.15) is 23.7 Å². The number of rotatable bonds is 6. The highest BCUT2D eigenvalue weighted by Gasteiger charge is 2.11. The molecule has 0 aliphatic carbocycles. The van der Waals surface area contributed by atoms with Gasteiger partial charge in [0.05, 0.1) is 0 Å². The molecule has 0 spiro atoms. The monoisotopic (exact) mass is 350 g/mol. The molecular formula is C20H19FN4O. The van der Waals surface area contributed by atoms with Gasteiger partial charge in [-0.25, -0.2) is 14.4 Å². The minimum absolute atomic E-state index is 0.0428. The summed E-state index contributed by atoms with van der Waals surface area (Å²) in [5, 5.41) is 6.03. The Balaban J connectivity index is 1.62. The number of anilines is 1. The van der Waals surface area contributed by atoms with Crippen LogP contribution >= 0.6 is 0 Å². The SMILES string of the molecule is CC(Nc1cc(C(=O)NCc2ccc(F)cc2)ncn1)c1ccccc1. The van der Waals surface area contributed by atoms with E-state index >= 15 is 0 Å². The molecule has 1 aromatic heterocycles. The molecule has 0 saturated heterocycles. The van der Waals surface area contributed by atoms with Gasteiger partial charge in [0.2, 0.25) is 0 Å². The molecule has 5 nitrogen and oxygen atoms in total. The Morgan fingerprint density at radius 1 is 1.08 bits per heavy atom. The third-order valence-electron chi connectivity index (χ3n) is 3.93. The summed E-state index contributed by atoms with van der Waals surface area (Å²) in [6.45, 7) is 2.32. The maximum absolute atomic E-state index is 12.9. The highest BCUT2D eigenvalue weighted by Crippen LogP contribution is 2.17. The van der Waals surface area contributed by atoms with Crippen molar-refractivity contribution in [2.45, 2.75) is 19.5 Å². The number of amides is 1. The second-order valence-corrected chi connectivity index (χ2v) is 5.87. The van der Waals surface area contributed by atoms with Gasteiger partial charge in [-0.15, -0.1) is 0 Å². The number of carbonyl (C=O) groups is 1. The number of halogens is 1. The Labute approximate surface area is 151 Å². The van der Waals surface area contributed by atoms with Gasteiger partial charge in [-0.05, 0) is 30.2 Å². The van der Waals surface area contributed by atoms with E-state index in [4.69, 9.17) is 0 Å². The third kappa shape index (κ3) is 4.63. The van der Waals surface area contributed by atoms with E-state index in [0.717, 1.165) is 11.1 Å². The minimum atomic E-state index is -0.313. The van der Waals surface area contributed by atoms with Crippen LogP contribution in [0.1, 0.15) is 34.6 Å². The molecule has 0 fully saturated rings. The highest BCUT2D eigenvalue weighted by atomic mass is 19.1. The van der Waals surface area contributed by atoms with Crippen molar-refractivity contribution in [3.63, 3.8) is 0 Å². The Bertz CT molecular complexity index is 868. The fraction of sp³-hybridized carbons (Fsp3) is 0.150. The first-order chi connectivity index (χ1) is 12.6. The van der Waals surface area contributed by atoms with E-state index < -0.39 is 0 Å². The van der Waals surface area contributed by atoms with E-state index in [1.165, 1.54) is 18.5 Å². The molecule has 0 saturated carbocycles. The number of carbonyl (C=O) groups excluding carboxylic acids is 1. The van der Waals surface area contributed by atoms with Crippen LogP contribution < -0.4 is 10.6 Å². The van der Waals surface area contributed by atoms with Crippen LogP contribution in [0, 0.1) is 5.82 Å². The van der Waals surface area contributed by atoms with Crippen molar-refractivity contribution in [3.05, 3.63) is 89.6 Å². The fourth-order valence-corrected chi connectivity index (χ4v) is 2.48. The van der Waals surface area contributed by atoms with Crippen molar-refractivity contribution in [2.24, 2.45) is 0 Å². The largest absolute Gasteiger partial charge is 0.363 e. The van der Waals surface area contributed by atoms with Gasteiger partial charge in [0.25, 0.3) is 5.91 Å². The molecule has 0 aliphatic heterocycles. The highest BCUT2D eigenvalue weighted by molar-refractivity contribution is 5.92. The van der Waals surface area contributed by atoms with E-state index in [2.05, 4.69) is 20.6 Å². The van der Waals surface area contributed by atoms with Gasteiger partial charge < -0.3 is 10.6 Å². The lowest BCUT2D eigenvalue weighted by molar-refractivity contribution is 0.0946. The zero-order valence-electron chi connectivity index (χ0n) is 14.3. The van der Waals surface area contributed by atoms with Crippen molar-refractivity contribution in [2.75, 3.05) is 5.32 Å². The van der Waals surface area contributed by atoms with Crippen LogP contribution in [0.15, 0.2) is 67.0 Å². The first kappa shape index (κ1) is 17.5. The van der Waals surface area contributed by atoms with Crippen LogP contribution in [0.5, 0.6) is 0 Å². The predicted octanol–water partition coefficient (Wildman–Crippen LogP) is 3.72. The van der Waals surface area contributed by atoms with Gasteiger partial charge in [0.15, 0.2) is 0 Å². The zero-order valence-corrected chi connectivity index (χ0v) is 14.3. The van der Waals surface area contributed by atoms with Crippen LogP contribution in [0.4, 0.5) is 10.2 Å². The molecule has 3 aromatic rings. The summed E-state index contributed by atoms with van der Waals surface area (Å²) in [4.78, 5) is 20.5. The van der Waals surface area contributed by atoms with Crippen LogP contribution in [-0.2, 0) is 6.54 Å². The summed E-state index contributed by atoms with van der Waals surface area (Å²) in [7, 11) is 0. The summed E-state index contributed by atoms with van der Waals surface area (Å²) in [5.41, 5.74) is 2.20. The van der Waals surface area contributed by atoms with Crippen molar-refractivity contribution in [1.29, 1.82) is 0 Å². The maximum Gasteiger partial charge on any atom is 0.270 e. The van der Waals surface area contributed by atoms with Crippen LogP contribution in [0.25, 0.3) is 0 Å². The molecule has 3 rings (SSSR count). The normalized spacial score (nSPS) is 11.6. The van der Waals surface area contributed by atoms with Crippen LogP contribution in [0.2, 0.25) is 0 Å². The second kappa shape index (κ2) is 8.20. The zero-order chi connectivity index (χ0) is 18.4. The topological polar surface area (TPSA) is 66.9 Å². The average Bonchev–Trinajstić information content (AvgIpc) is 2.68. The summed E-state index contributed by atoms with van der Waals surface area (Å²) in [6.07, 6.45) is 1.35. The molecule has 1 heterocycles. The minimum Gasteiger partial charge on any atom is -0.363 e. The molecule has 2 aromatic carbocycles. The molecule has 0 bridgehead atoms. The lowest BCUT2D eigenvalue weighted by atomic mass is 10.1. The number of nitrogens with zero attached hydrogens (tertiary/aromatic N) is 2. The van der Waals surface area contributed by atoms with Gasteiger partial charge in [0, 0.05) is 18.7 Å². The second-order valence-electron chi connectivity index (χ2n) is 5.87. The molecule has 1 atom stereocenters. The number of hydrogen-bond donors (Lipinski definition) is 2. The predicted molar refractivity (Wildman–Crippen MR) is 98.1 cm³/mol. The van der Waals surface area contributed by atoms with Gasteiger partial charge in [-0.1, -0.05) is 42.5 Å². The van der Waals surface area contributed by atoms with E-state index in [1.807, 2.05) is 37.3 Å². The summed E-state index contributed by atoms with van der Waals surface area (Å²) >= 11 is 0. The van der Waals surface area contributed by atoms with E-state index in [1.54, 1.807) is 18.2 Å². The first-order valence-electron chi connectivity index (χ1n) is 8.28. The molecule has 6 heteroatoms. The van der Waals surface area contributed by atoms with Gasteiger partial charge in [-0.2, -0.15) is 0 Å². The van der Waals surface area contributed by atoms with Crippen molar-refractivity contribution in [3.8, 4) is 0 Å². The fourth-order valence-electron chi connectivity index (χ4n) is 2.48. The van der Waals surface area contributed by atoms with E-state index in [-0.39, 0.29) is 23.5 Å². The first-order valence-corrected chi connectivity index (χ1v) is 8.28. The number of aromatic nitrogens is 2. The van der Waals surface area contributed by atoms with Crippen LogP contribution in [-0.4, -0.2) is 15.9 Å². The van der Waals surface area contributed by atoms with E-state index in [9.17, 15) is 9.18 Å². The Kier molecular flexibility index (Phi) is 5.53. The van der Waals surface area contributed by atoms with Gasteiger partial charge in [-0.3, -0.25) is 4.79 Å². The lowest BCUT2D eigenvalue weighted by Crippen LogP contribution is -2.24. The summed E-state index contributed by atoms with van der Waals surface area (Å²) in [6, 6.07) is 17.6. The number of benzene rings is 2. The third-order valence-corrected chi connectivity index (χ3v) is 3.93. The Morgan fingerprint density at radius 3 is 2.54 bits per heavy atom. The molecule has 26 heavy (non-hydrogen) atoms. The van der Waals surface area contributed by atoms with E-state index in [0.29, 0.717) is 12.4 Å². The summed E-state index contributed by atoms with van der Waals surface area (Å²) < 4.78 is 12.9. The molecule has 2 N–H and O–H groups in total. The average molecular weight is 350 g/mol. The molecular weight excluding hydrogens is 331 g/mol. The Morgan fingerprint density at radius 2 is 1.81 bits per heavy atom. The molecule has 0 aliphatic rings. The lowest BCUT2D eigenvalue weighted by Gasteiger charge is -2.15. The van der Waals surface area contributed by atoms with Crippen molar-refractivity contribution >= 4 is 11.7 Å². The number of nitrogens with one attached hydrogen (secondary N) is 2. The molecule has 132 valence electrons. The smallest absolute Gasteiger partial charge is 0.270 e. The van der Waals surface area contributed by atoms with Crippen LogP contribution in [0.3, 0.4) is 0 Å². The van der Waals surface area contributed by atoms with Gasteiger partial charge >= 0.3 is 0 Å². The standard InChI is InChI=1S/C20H19FN4O/c1-14(16-5-3-2-4-6-16)25-19-11-18(23-13-24-19)20(26)22-12-15-7-9-17(21)10-8-15/h2-11,13-14H,12H2,1H3,(H,22,26)(H,23,24,25). The summed E-state index contributed by atoms with van der Waals surface area (Å²) in [5.74, 6) is -0.0467. The van der Waals surface area contributed by atoms with Crippen molar-refractivity contribution in [1.82, 2.24) is 15.3 Å². The number of hydrogen-bond acceptors (Lipinski definition) is 4. The molecule has 1 amide bonds.